The Kier molecular flexibility index (Phi) is 7.11. The molecule has 0 unspecified atom stereocenters. The fourth-order valence-corrected chi connectivity index (χ4v) is 4.45. The van der Waals surface area contributed by atoms with E-state index in [0.717, 1.165) is 54.0 Å². The Hall–Kier alpha value is -3.26. The minimum Gasteiger partial charge on any atom is -0.497 e. The molecule has 2 aromatic carbocycles. The first-order valence-corrected chi connectivity index (χ1v) is 11.6. The van der Waals surface area contributed by atoms with E-state index in [1.807, 2.05) is 43.3 Å². The van der Waals surface area contributed by atoms with E-state index < -0.39 is 0 Å². The van der Waals surface area contributed by atoms with Crippen LogP contribution in [0.5, 0.6) is 5.75 Å². The number of nitrogens with zero attached hydrogens (tertiary/aromatic N) is 4. The summed E-state index contributed by atoms with van der Waals surface area (Å²) < 4.78 is 5.25. The van der Waals surface area contributed by atoms with Crippen molar-refractivity contribution in [2.75, 3.05) is 54.2 Å². The molecule has 2 heterocycles. The fraction of sp³-hybridized carbons (Fsp3) is 0.292. The molecule has 0 aliphatic carbocycles. The summed E-state index contributed by atoms with van der Waals surface area (Å²) in [4.78, 5) is 26.1. The van der Waals surface area contributed by atoms with Gasteiger partial charge in [-0.25, -0.2) is 9.97 Å². The van der Waals surface area contributed by atoms with Crippen molar-refractivity contribution in [3.63, 3.8) is 0 Å². The zero-order valence-corrected chi connectivity index (χ0v) is 19.1. The second-order valence-electron chi connectivity index (χ2n) is 7.56. The van der Waals surface area contributed by atoms with E-state index in [1.165, 1.54) is 17.4 Å². The molecule has 1 aliphatic rings. The molecular weight excluding hydrogens is 422 g/mol. The number of ether oxygens (including phenoxy) is 1. The molecule has 0 bridgehead atoms. The van der Waals surface area contributed by atoms with Crippen LogP contribution in [0.2, 0.25) is 0 Å². The highest BCUT2D eigenvalue weighted by Crippen LogP contribution is 2.28. The lowest BCUT2D eigenvalue weighted by molar-refractivity contribution is -0.113. The molecule has 1 aromatic heterocycles. The molecular formula is C24H27N5O2S. The molecule has 0 saturated carbocycles. The summed E-state index contributed by atoms with van der Waals surface area (Å²) in [6.45, 7) is 5.47. The van der Waals surface area contributed by atoms with Gasteiger partial charge in [0, 0.05) is 49.9 Å². The van der Waals surface area contributed by atoms with Gasteiger partial charge in [-0.3, -0.25) is 4.79 Å². The average molecular weight is 450 g/mol. The normalized spacial score (nSPS) is 13.7. The number of amides is 1. The van der Waals surface area contributed by atoms with Crippen LogP contribution in [-0.2, 0) is 4.79 Å². The minimum absolute atomic E-state index is 0.0541. The number of hydrogen-bond donors (Lipinski definition) is 1. The second kappa shape index (κ2) is 10.4. The summed E-state index contributed by atoms with van der Waals surface area (Å²) in [6.07, 6.45) is 3.39. The smallest absolute Gasteiger partial charge is 0.234 e. The quantitative estimate of drug-likeness (QED) is 0.550. The van der Waals surface area contributed by atoms with Crippen molar-refractivity contribution < 1.29 is 9.53 Å². The standard InChI is InChI=1S/C24H27N5O2S/c1-18-4-3-5-19(16-18)27-22(30)17-32-24-23(25-10-11-26-24)29-14-12-28(13-15-29)20-6-8-21(31-2)9-7-20/h3-11,16H,12-15,17H2,1-2H3,(H,27,30). The van der Waals surface area contributed by atoms with Gasteiger partial charge in [0.05, 0.1) is 12.9 Å². The van der Waals surface area contributed by atoms with Crippen molar-refractivity contribution in [3.8, 4) is 5.75 Å². The Morgan fingerprint density at radius 1 is 1.03 bits per heavy atom. The zero-order chi connectivity index (χ0) is 22.3. The van der Waals surface area contributed by atoms with Gasteiger partial charge in [0.2, 0.25) is 5.91 Å². The molecule has 4 rings (SSSR count). The third-order valence-corrected chi connectivity index (χ3v) is 6.27. The molecule has 7 nitrogen and oxygen atoms in total. The molecule has 166 valence electrons. The van der Waals surface area contributed by atoms with E-state index in [4.69, 9.17) is 4.74 Å². The number of aromatic nitrogens is 2. The predicted octanol–water partition coefficient (Wildman–Crippen LogP) is 3.85. The first-order chi connectivity index (χ1) is 15.6. The first kappa shape index (κ1) is 22.0. The van der Waals surface area contributed by atoms with Gasteiger partial charge in [-0.05, 0) is 48.9 Å². The van der Waals surface area contributed by atoms with Crippen LogP contribution in [-0.4, -0.2) is 54.9 Å². The third kappa shape index (κ3) is 5.50. The molecule has 1 saturated heterocycles. The highest BCUT2D eigenvalue weighted by atomic mass is 32.2. The largest absolute Gasteiger partial charge is 0.497 e. The summed E-state index contributed by atoms with van der Waals surface area (Å²) >= 11 is 1.42. The SMILES string of the molecule is COc1ccc(N2CCN(c3nccnc3SCC(=O)Nc3cccc(C)c3)CC2)cc1. The Morgan fingerprint density at radius 3 is 2.47 bits per heavy atom. The lowest BCUT2D eigenvalue weighted by Gasteiger charge is -2.37. The monoisotopic (exact) mass is 449 g/mol. The van der Waals surface area contributed by atoms with Crippen LogP contribution >= 0.6 is 11.8 Å². The van der Waals surface area contributed by atoms with E-state index in [2.05, 4.69) is 37.2 Å². The van der Waals surface area contributed by atoms with Gasteiger partial charge in [-0.2, -0.15) is 0 Å². The fourth-order valence-electron chi connectivity index (χ4n) is 3.66. The van der Waals surface area contributed by atoms with Crippen LogP contribution in [0, 0.1) is 6.92 Å². The first-order valence-electron chi connectivity index (χ1n) is 10.6. The van der Waals surface area contributed by atoms with Crippen molar-refractivity contribution in [3.05, 3.63) is 66.5 Å². The number of rotatable bonds is 7. The molecule has 32 heavy (non-hydrogen) atoms. The van der Waals surface area contributed by atoms with E-state index in [0.29, 0.717) is 0 Å². The number of carbonyl (C=O) groups is 1. The maximum atomic E-state index is 12.4. The molecule has 1 amide bonds. The van der Waals surface area contributed by atoms with Gasteiger partial charge in [0.1, 0.15) is 10.8 Å². The van der Waals surface area contributed by atoms with Crippen LogP contribution in [0.25, 0.3) is 0 Å². The third-order valence-electron chi connectivity index (χ3n) is 5.31. The summed E-state index contributed by atoms with van der Waals surface area (Å²) in [5.74, 6) is 1.93. The molecule has 8 heteroatoms. The van der Waals surface area contributed by atoms with Crippen molar-refractivity contribution in [2.24, 2.45) is 0 Å². The maximum Gasteiger partial charge on any atom is 0.234 e. The number of hydrogen-bond acceptors (Lipinski definition) is 7. The number of piperazine rings is 1. The zero-order valence-electron chi connectivity index (χ0n) is 18.3. The van der Waals surface area contributed by atoms with Crippen molar-refractivity contribution in [1.29, 1.82) is 0 Å². The summed E-state index contributed by atoms with van der Waals surface area (Å²) in [6, 6.07) is 15.9. The van der Waals surface area contributed by atoms with Crippen LogP contribution < -0.4 is 19.9 Å². The van der Waals surface area contributed by atoms with Gasteiger partial charge in [0.15, 0.2) is 5.82 Å². The predicted molar refractivity (Wildman–Crippen MR) is 130 cm³/mol. The van der Waals surface area contributed by atoms with Crippen LogP contribution in [0.15, 0.2) is 66.0 Å². The Morgan fingerprint density at radius 2 is 1.75 bits per heavy atom. The van der Waals surface area contributed by atoms with E-state index in [-0.39, 0.29) is 11.7 Å². The molecule has 0 atom stereocenters. The highest BCUT2D eigenvalue weighted by molar-refractivity contribution is 8.00. The van der Waals surface area contributed by atoms with Crippen LogP contribution in [0.4, 0.5) is 17.2 Å². The van der Waals surface area contributed by atoms with Crippen molar-refractivity contribution >= 4 is 34.9 Å². The molecule has 1 fully saturated rings. The molecule has 0 radical (unpaired) electrons. The number of methoxy groups -OCH3 is 1. The lowest BCUT2D eigenvalue weighted by atomic mass is 10.2. The van der Waals surface area contributed by atoms with E-state index >= 15 is 0 Å². The number of thioether (sulfide) groups is 1. The second-order valence-corrected chi connectivity index (χ2v) is 8.53. The molecule has 1 aliphatic heterocycles. The number of aryl methyl sites for hydroxylation is 1. The van der Waals surface area contributed by atoms with Gasteiger partial charge < -0.3 is 19.9 Å². The minimum atomic E-state index is -0.0541. The van der Waals surface area contributed by atoms with Crippen molar-refractivity contribution in [2.45, 2.75) is 11.9 Å². The molecule has 3 aromatic rings. The summed E-state index contributed by atoms with van der Waals surface area (Å²) in [5.41, 5.74) is 3.11. The van der Waals surface area contributed by atoms with Crippen molar-refractivity contribution in [1.82, 2.24) is 9.97 Å². The van der Waals surface area contributed by atoms with E-state index in [9.17, 15) is 4.79 Å². The number of nitrogens with one attached hydrogen (secondary N) is 1. The number of benzene rings is 2. The number of anilines is 3. The van der Waals surface area contributed by atoms with Crippen LogP contribution in [0.3, 0.4) is 0 Å². The van der Waals surface area contributed by atoms with Crippen LogP contribution in [0.1, 0.15) is 5.56 Å². The topological polar surface area (TPSA) is 70.6 Å². The maximum absolute atomic E-state index is 12.4. The lowest BCUT2D eigenvalue weighted by Crippen LogP contribution is -2.47. The Bertz CT molecular complexity index is 1050. The van der Waals surface area contributed by atoms with Gasteiger partial charge in [-0.1, -0.05) is 23.9 Å². The summed E-state index contributed by atoms with van der Waals surface area (Å²) in [5, 5.41) is 3.73. The Balaban J connectivity index is 1.34. The summed E-state index contributed by atoms with van der Waals surface area (Å²) in [7, 11) is 1.68. The van der Waals surface area contributed by atoms with Gasteiger partial charge >= 0.3 is 0 Å². The number of carbonyl (C=O) groups excluding carboxylic acids is 1. The highest BCUT2D eigenvalue weighted by Gasteiger charge is 2.21. The van der Waals surface area contributed by atoms with Gasteiger partial charge in [-0.15, -0.1) is 0 Å². The van der Waals surface area contributed by atoms with E-state index in [1.54, 1.807) is 19.5 Å². The van der Waals surface area contributed by atoms with Gasteiger partial charge in [0.25, 0.3) is 0 Å². The Labute approximate surface area is 192 Å². The molecule has 1 N–H and O–H groups in total. The molecule has 0 spiro atoms. The average Bonchev–Trinajstić information content (AvgIpc) is 2.83.